The molecule has 1 fully saturated rings. The Bertz CT molecular complexity index is 1590. The van der Waals surface area contributed by atoms with Gasteiger partial charge in [0, 0.05) is 42.8 Å². The number of fused-ring (bicyclic) bond motifs is 1. The van der Waals surface area contributed by atoms with Gasteiger partial charge in [0.05, 0.1) is 24.7 Å². The summed E-state index contributed by atoms with van der Waals surface area (Å²) in [4.78, 5) is 11.3. The van der Waals surface area contributed by atoms with E-state index in [1.165, 1.54) is 0 Å². The number of imidazole rings is 1. The van der Waals surface area contributed by atoms with Gasteiger partial charge in [-0.2, -0.15) is 0 Å². The molecule has 0 unspecified atom stereocenters. The molecular formula is C33H35N7O. The third-order valence-electron chi connectivity index (χ3n) is 7.61. The van der Waals surface area contributed by atoms with Crippen LogP contribution in [0.4, 0.5) is 17.2 Å². The van der Waals surface area contributed by atoms with Crippen molar-refractivity contribution in [3.8, 4) is 5.75 Å². The van der Waals surface area contributed by atoms with E-state index in [9.17, 15) is 0 Å². The molecule has 3 aromatic heterocycles. The number of hydrogen-bond donors (Lipinski definition) is 2. The van der Waals surface area contributed by atoms with E-state index in [4.69, 9.17) is 20.6 Å². The van der Waals surface area contributed by atoms with Gasteiger partial charge in [0.15, 0.2) is 5.65 Å². The van der Waals surface area contributed by atoms with Crippen molar-refractivity contribution < 1.29 is 4.74 Å². The molecule has 8 heteroatoms. The van der Waals surface area contributed by atoms with Crippen molar-refractivity contribution in [2.45, 2.75) is 44.3 Å². The second-order valence-corrected chi connectivity index (χ2v) is 10.5. The van der Waals surface area contributed by atoms with Crippen molar-refractivity contribution >= 4 is 35.0 Å². The van der Waals surface area contributed by atoms with Gasteiger partial charge in [0.1, 0.15) is 11.6 Å². The van der Waals surface area contributed by atoms with Crippen molar-refractivity contribution in [1.29, 1.82) is 0 Å². The highest BCUT2D eigenvalue weighted by atomic mass is 16.5. The molecule has 1 saturated carbocycles. The minimum Gasteiger partial charge on any atom is -0.497 e. The summed E-state index contributed by atoms with van der Waals surface area (Å²) < 4.78 is 7.33. The number of nitrogens with two attached hydrogens (primary N) is 1. The fourth-order valence-electron chi connectivity index (χ4n) is 5.32. The van der Waals surface area contributed by atoms with E-state index in [1.54, 1.807) is 19.5 Å². The van der Waals surface area contributed by atoms with E-state index in [0.29, 0.717) is 12.6 Å². The first-order valence-corrected chi connectivity index (χ1v) is 14.1. The lowest BCUT2D eigenvalue weighted by molar-refractivity contribution is 0.410. The fourth-order valence-corrected chi connectivity index (χ4v) is 5.32. The second-order valence-electron chi connectivity index (χ2n) is 10.5. The number of methoxy groups -OCH3 is 1. The quantitative estimate of drug-likeness (QED) is 0.224. The molecule has 3 heterocycles. The number of hydrogen-bond acceptors (Lipinski definition) is 7. The van der Waals surface area contributed by atoms with E-state index < -0.39 is 0 Å². The van der Waals surface area contributed by atoms with Crippen LogP contribution in [0.1, 0.15) is 42.5 Å². The van der Waals surface area contributed by atoms with Crippen LogP contribution in [0.2, 0.25) is 0 Å². The van der Waals surface area contributed by atoms with Crippen LogP contribution in [0.15, 0.2) is 91.4 Å². The SMILES string of the molecule is COc1ccc(CN(c2ccccc2)c2cc(NC3CCC(N)CC3)nn3c(/C=C/c4ccncc4)cnc23)cc1. The Hall–Kier alpha value is -4.69. The molecule has 3 N–H and O–H groups in total. The lowest BCUT2D eigenvalue weighted by Crippen LogP contribution is -2.33. The Morgan fingerprint density at radius 2 is 1.73 bits per heavy atom. The van der Waals surface area contributed by atoms with Crippen LogP contribution in [-0.4, -0.2) is 38.8 Å². The Morgan fingerprint density at radius 1 is 0.976 bits per heavy atom. The van der Waals surface area contributed by atoms with E-state index in [0.717, 1.165) is 71.1 Å². The van der Waals surface area contributed by atoms with Crippen molar-refractivity contribution in [2.24, 2.45) is 5.73 Å². The van der Waals surface area contributed by atoms with Crippen LogP contribution in [-0.2, 0) is 6.54 Å². The summed E-state index contributed by atoms with van der Waals surface area (Å²) in [5.41, 5.74) is 12.1. The average molecular weight is 546 g/mol. The van der Waals surface area contributed by atoms with Gasteiger partial charge in [-0.05, 0) is 79.3 Å². The number of benzene rings is 2. The van der Waals surface area contributed by atoms with E-state index in [1.807, 2.05) is 47.1 Å². The third kappa shape index (κ3) is 6.23. The van der Waals surface area contributed by atoms with Gasteiger partial charge in [0.2, 0.25) is 0 Å². The molecule has 5 aromatic rings. The normalized spacial score (nSPS) is 17.1. The first-order chi connectivity index (χ1) is 20.2. The minimum atomic E-state index is 0.288. The van der Waals surface area contributed by atoms with E-state index >= 15 is 0 Å². The molecular weight excluding hydrogens is 510 g/mol. The summed E-state index contributed by atoms with van der Waals surface area (Å²) in [5, 5.41) is 8.75. The van der Waals surface area contributed by atoms with Crippen LogP contribution in [0.25, 0.3) is 17.8 Å². The van der Waals surface area contributed by atoms with Crippen LogP contribution in [0.5, 0.6) is 5.75 Å². The number of nitrogens with zero attached hydrogens (tertiary/aromatic N) is 5. The van der Waals surface area contributed by atoms with Crippen LogP contribution in [0, 0.1) is 0 Å². The van der Waals surface area contributed by atoms with E-state index in [-0.39, 0.29) is 6.04 Å². The maximum atomic E-state index is 6.19. The molecule has 208 valence electrons. The number of ether oxygens (including phenoxy) is 1. The van der Waals surface area contributed by atoms with Gasteiger partial charge in [-0.15, -0.1) is 5.10 Å². The van der Waals surface area contributed by atoms with Crippen LogP contribution < -0.4 is 20.7 Å². The maximum Gasteiger partial charge on any atom is 0.178 e. The summed E-state index contributed by atoms with van der Waals surface area (Å²) in [7, 11) is 1.69. The summed E-state index contributed by atoms with van der Waals surface area (Å²) in [6.45, 7) is 0.653. The van der Waals surface area contributed by atoms with Crippen molar-refractivity contribution in [3.63, 3.8) is 0 Å². The van der Waals surface area contributed by atoms with Gasteiger partial charge < -0.3 is 20.7 Å². The molecule has 0 bridgehead atoms. The summed E-state index contributed by atoms with van der Waals surface area (Å²) in [5.74, 6) is 1.66. The Labute approximate surface area is 240 Å². The van der Waals surface area contributed by atoms with Crippen molar-refractivity contribution in [3.05, 3.63) is 108 Å². The highest BCUT2D eigenvalue weighted by Crippen LogP contribution is 2.34. The summed E-state index contributed by atoms with van der Waals surface area (Å²) in [6.07, 6.45) is 13.7. The highest BCUT2D eigenvalue weighted by Gasteiger charge is 2.22. The lowest BCUT2D eigenvalue weighted by Gasteiger charge is -2.29. The van der Waals surface area contributed by atoms with E-state index in [2.05, 4.69) is 63.7 Å². The molecule has 0 spiro atoms. The number of rotatable bonds is 9. The topological polar surface area (TPSA) is 93.6 Å². The molecule has 1 aliphatic rings. The zero-order valence-corrected chi connectivity index (χ0v) is 23.2. The molecule has 1 aliphatic carbocycles. The van der Waals surface area contributed by atoms with Crippen molar-refractivity contribution in [2.75, 3.05) is 17.3 Å². The zero-order chi connectivity index (χ0) is 28.0. The van der Waals surface area contributed by atoms with Gasteiger partial charge in [-0.1, -0.05) is 36.4 Å². The molecule has 6 rings (SSSR count). The second kappa shape index (κ2) is 12.2. The number of pyridine rings is 1. The number of nitrogens with one attached hydrogen (secondary N) is 1. The van der Waals surface area contributed by atoms with Gasteiger partial charge in [-0.25, -0.2) is 9.50 Å². The van der Waals surface area contributed by atoms with Gasteiger partial charge >= 0.3 is 0 Å². The zero-order valence-electron chi connectivity index (χ0n) is 23.2. The van der Waals surface area contributed by atoms with Crippen LogP contribution in [0.3, 0.4) is 0 Å². The average Bonchev–Trinajstić information content (AvgIpc) is 3.44. The monoisotopic (exact) mass is 545 g/mol. The predicted molar refractivity (Wildman–Crippen MR) is 165 cm³/mol. The number of aromatic nitrogens is 4. The fraction of sp³-hybridized carbons (Fsp3) is 0.242. The van der Waals surface area contributed by atoms with Gasteiger partial charge in [0.25, 0.3) is 0 Å². The molecule has 2 aromatic carbocycles. The summed E-state index contributed by atoms with van der Waals surface area (Å²) in [6, 6.07) is 25.3. The standard InChI is InChI=1S/C33H35N7O/c1-41-30-15-8-25(9-16-30)23-39(28-5-3-2-4-6-28)31-21-32(37-27-12-10-26(34)11-13-27)38-40-29(22-36-33(31)40)14-7-24-17-19-35-20-18-24/h2-9,14-22,26-27H,10-13,23,34H2,1H3,(H,37,38)/b14-7+. The number of anilines is 3. The summed E-state index contributed by atoms with van der Waals surface area (Å²) >= 11 is 0. The first-order valence-electron chi connectivity index (χ1n) is 14.1. The molecule has 0 atom stereocenters. The minimum absolute atomic E-state index is 0.288. The largest absolute Gasteiger partial charge is 0.497 e. The highest BCUT2D eigenvalue weighted by molar-refractivity contribution is 5.80. The Kier molecular flexibility index (Phi) is 7.91. The van der Waals surface area contributed by atoms with Crippen molar-refractivity contribution in [1.82, 2.24) is 19.6 Å². The molecule has 0 radical (unpaired) electrons. The Morgan fingerprint density at radius 3 is 2.46 bits per heavy atom. The Balaban J connectivity index is 1.44. The molecule has 0 saturated heterocycles. The lowest BCUT2D eigenvalue weighted by atomic mass is 9.92. The van der Waals surface area contributed by atoms with Gasteiger partial charge in [-0.3, -0.25) is 4.98 Å². The molecule has 8 nitrogen and oxygen atoms in total. The molecule has 41 heavy (non-hydrogen) atoms. The van der Waals surface area contributed by atoms with Crippen LogP contribution >= 0.6 is 0 Å². The third-order valence-corrected chi connectivity index (χ3v) is 7.61. The molecule has 0 amide bonds. The first kappa shape index (κ1) is 26.5. The smallest absolute Gasteiger partial charge is 0.178 e. The molecule has 0 aliphatic heterocycles. The predicted octanol–water partition coefficient (Wildman–Crippen LogP) is 6.32. The number of para-hydroxylation sites is 1. The maximum absolute atomic E-state index is 6.19.